The number of hydrogen-bond acceptors (Lipinski definition) is 7. The number of ether oxygens (including phenoxy) is 1. The number of rotatable bonds is 5. The second-order valence-electron chi connectivity index (χ2n) is 7.44. The average molecular weight is 410 g/mol. The van der Waals surface area contributed by atoms with Gasteiger partial charge in [0.05, 0.1) is 24.1 Å². The van der Waals surface area contributed by atoms with Crippen molar-refractivity contribution in [1.82, 2.24) is 19.6 Å². The lowest BCUT2D eigenvalue weighted by atomic mass is 9.81. The minimum absolute atomic E-state index is 0.0675. The van der Waals surface area contributed by atoms with Crippen LogP contribution in [0.15, 0.2) is 35.6 Å². The predicted octanol–water partition coefficient (Wildman–Crippen LogP) is 3.43. The van der Waals surface area contributed by atoms with Gasteiger partial charge in [-0.2, -0.15) is 9.50 Å². The molecule has 150 valence electrons. The number of benzene rings is 1. The van der Waals surface area contributed by atoms with E-state index in [1.54, 1.807) is 10.7 Å². The van der Waals surface area contributed by atoms with Crippen LogP contribution < -0.4 is 0 Å². The van der Waals surface area contributed by atoms with E-state index in [4.69, 9.17) is 0 Å². The van der Waals surface area contributed by atoms with Gasteiger partial charge >= 0.3 is 5.97 Å². The molecule has 8 heteroatoms. The fourth-order valence-corrected chi connectivity index (χ4v) is 4.21. The van der Waals surface area contributed by atoms with Crippen molar-refractivity contribution in [2.75, 3.05) is 12.9 Å². The summed E-state index contributed by atoms with van der Waals surface area (Å²) in [6.45, 7) is 4.33. The third-order valence-corrected chi connectivity index (χ3v) is 6.05. The second kappa shape index (κ2) is 7.94. The van der Waals surface area contributed by atoms with Crippen molar-refractivity contribution in [3.8, 4) is 0 Å². The molecule has 2 heterocycles. The van der Waals surface area contributed by atoms with Gasteiger partial charge in [0.25, 0.3) is 5.78 Å². The third-order valence-electron chi connectivity index (χ3n) is 5.24. The molecule has 7 nitrogen and oxygen atoms in total. The van der Waals surface area contributed by atoms with Crippen molar-refractivity contribution in [3.05, 3.63) is 52.8 Å². The molecular weight excluding hydrogens is 388 g/mol. The molecule has 0 saturated heterocycles. The largest absolute Gasteiger partial charge is 0.468 e. The molecule has 4 rings (SSSR count). The van der Waals surface area contributed by atoms with Crippen molar-refractivity contribution in [2.45, 2.75) is 43.7 Å². The number of carbonyl (C=O) groups is 2. The summed E-state index contributed by atoms with van der Waals surface area (Å²) in [7, 11) is 1.34. The Morgan fingerprint density at radius 1 is 1.28 bits per heavy atom. The van der Waals surface area contributed by atoms with Gasteiger partial charge in [0.1, 0.15) is 0 Å². The number of aromatic nitrogens is 4. The van der Waals surface area contributed by atoms with E-state index < -0.39 is 0 Å². The highest BCUT2D eigenvalue weighted by Gasteiger charge is 2.29. The van der Waals surface area contributed by atoms with Crippen LogP contribution >= 0.6 is 11.8 Å². The Balaban J connectivity index is 1.65. The van der Waals surface area contributed by atoms with Crippen molar-refractivity contribution in [3.63, 3.8) is 0 Å². The van der Waals surface area contributed by atoms with E-state index in [1.165, 1.54) is 24.4 Å². The highest BCUT2D eigenvalue weighted by molar-refractivity contribution is 7.99. The lowest BCUT2D eigenvalue weighted by Gasteiger charge is -2.24. The second-order valence-corrected chi connectivity index (χ2v) is 8.38. The quantitative estimate of drug-likeness (QED) is 0.470. The predicted molar refractivity (Wildman–Crippen MR) is 109 cm³/mol. The first kappa shape index (κ1) is 19.6. The Morgan fingerprint density at radius 3 is 2.72 bits per heavy atom. The van der Waals surface area contributed by atoms with Crippen LogP contribution in [-0.2, 0) is 16.0 Å². The van der Waals surface area contributed by atoms with Gasteiger partial charge in [-0.25, -0.2) is 4.98 Å². The van der Waals surface area contributed by atoms with Crippen LogP contribution in [0.1, 0.15) is 59.3 Å². The molecule has 0 saturated carbocycles. The lowest BCUT2D eigenvalue weighted by Crippen LogP contribution is -2.22. The van der Waals surface area contributed by atoms with E-state index in [1.807, 2.05) is 0 Å². The molecule has 0 amide bonds. The van der Waals surface area contributed by atoms with Crippen molar-refractivity contribution < 1.29 is 14.3 Å². The molecule has 0 spiro atoms. The molecule has 0 N–H and O–H groups in total. The zero-order valence-electron chi connectivity index (χ0n) is 16.6. The van der Waals surface area contributed by atoms with Gasteiger partial charge in [-0.3, -0.25) is 9.59 Å². The molecule has 2 aromatic heterocycles. The minimum atomic E-state index is -0.344. The number of fused-ring (bicyclic) bond motifs is 3. The fourth-order valence-electron chi connectivity index (χ4n) is 3.56. The van der Waals surface area contributed by atoms with E-state index in [0.717, 1.165) is 11.3 Å². The Morgan fingerprint density at radius 2 is 2.03 bits per heavy atom. The zero-order chi connectivity index (χ0) is 20.5. The van der Waals surface area contributed by atoms with Crippen LogP contribution in [0.5, 0.6) is 0 Å². The molecule has 1 aliphatic rings. The standard InChI is InChI=1S/C21H22N4O3S/c1-12(2)13-4-6-14(7-5-13)15-8-17-16(18(26)9-15)10-22-20-23-21(24-25(17)20)29-11-19(27)28-3/h4-7,10,12,15H,8-9,11H2,1-3H3. The van der Waals surface area contributed by atoms with Gasteiger partial charge in [-0.05, 0) is 29.4 Å². The Hall–Kier alpha value is -2.74. The molecule has 1 aromatic carbocycles. The Kier molecular flexibility index (Phi) is 5.36. The maximum Gasteiger partial charge on any atom is 0.316 e. The molecule has 29 heavy (non-hydrogen) atoms. The summed E-state index contributed by atoms with van der Waals surface area (Å²) in [5.41, 5.74) is 3.86. The number of nitrogens with zero attached hydrogens (tertiary/aromatic N) is 4. The van der Waals surface area contributed by atoms with Crippen molar-refractivity contribution in [2.24, 2.45) is 0 Å². The molecule has 1 atom stereocenters. The van der Waals surface area contributed by atoms with Gasteiger partial charge in [-0.15, -0.1) is 5.10 Å². The van der Waals surface area contributed by atoms with Gasteiger partial charge in [0.2, 0.25) is 5.16 Å². The summed E-state index contributed by atoms with van der Waals surface area (Å²) in [4.78, 5) is 32.8. The molecule has 3 aromatic rings. The van der Waals surface area contributed by atoms with E-state index in [2.05, 4.69) is 57.9 Å². The SMILES string of the molecule is COC(=O)CSc1nc2ncc3c(n2n1)CC(c1ccc(C(C)C)cc1)CC3=O. The first-order valence-corrected chi connectivity index (χ1v) is 10.5. The first-order valence-electron chi connectivity index (χ1n) is 9.53. The zero-order valence-corrected chi connectivity index (χ0v) is 17.4. The van der Waals surface area contributed by atoms with Crippen LogP contribution in [0.4, 0.5) is 0 Å². The smallest absolute Gasteiger partial charge is 0.316 e. The van der Waals surface area contributed by atoms with E-state index in [9.17, 15) is 9.59 Å². The number of methoxy groups -OCH3 is 1. The molecule has 1 aliphatic carbocycles. The third kappa shape index (κ3) is 3.89. The number of ketones is 1. The first-order chi connectivity index (χ1) is 14.0. The minimum Gasteiger partial charge on any atom is -0.468 e. The lowest BCUT2D eigenvalue weighted by molar-refractivity contribution is -0.137. The van der Waals surface area contributed by atoms with Crippen molar-refractivity contribution >= 4 is 29.3 Å². The van der Waals surface area contributed by atoms with Crippen LogP contribution in [0.2, 0.25) is 0 Å². The maximum atomic E-state index is 12.8. The van der Waals surface area contributed by atoms with Gasteiger partial charge in [-0.1, -0.05) is 49.9 Å². The summed E-state index contributed by atoms with van der Waals surface area (Å²) in [5, 5.41) is 4.92. The molecule has 0 bridgehead atoms. The molecule has 0 radical (unpaired) electrons. The summed E-state index contributed by atoms with van der Waals surface area (Å²) < 4.78 is 6.29. The van der Waals surface area contributed by atoms with Gasteiger partial charge in [0.15, 0.2) is 5.78 Å². The van der Waals surface area contributed by atoms with Crippen LogP contribution in [0.25, 0.3) is 5.78 Å². The summed E-state index contributed by atoms with van der Waals surface area (Å²) in [6.07, 6.45) is 2.74. The summed E-state index contributed by atoms with van der Waals surface area (Å²) >= 11 is 1.19. The van der Waals surface area contributed by atoms with E-state index >= 15 is 0 Å². The van der Waals surface area contributed by atoms with Gasteiger partial charge in [0, 0.05) is 12.6 Å². The summed E-state index contributed by atoms with van der Waals surface area (Å²) in [5.74, 6) is 0.845. The molecule has 0 aliphatic heterocycles. The fraction of sp³-hybridized carbons (Fsp3) is 0.381. The normalized spacial score (nSPS) is 16.3. The summed E-state index contributed by atoms with van der Waals surface area (Å²) in [6, 6.07) is 8.52. The van der Waals surface area contributed by atoms with Gasteiger partial charge < -0.3 is 4.74 Å². The number of Topliss-reactive ketones (excluding diaryl/α,β-unsaturated/α-hetero) is 1. The van der Waals surface area contributed by atoms with E-state index in [0.29, 0.717) is 35.3 Å². The van der Waals surface area contributed by atoms with E-state index in [-0.39, 0.29) is 23.4 Å². The number of esters is 1. The highest BCUT2D eigenvalue weighted by atomic mass is 32.2. The Bertz CT molecular complexity index is 1080. The number of hydrogen-bond donors (Lipinski definition) is 0. The molecular formula is C21H22N4O3S. The number of carbonyl (C=O) groups excluding carboxylic acids is 2. The van der Waals surface area contributed by atoms with Crippen molar-refractivity contribution in [1.29, 1.82) is 0 Å². The monoisotopic (exact) mass is 410 g/mol. The van der Waals surface area contributed by atoms with Crippen LogP contribution in [-0.4, -0.2) is 44.2 Å². The maximum absolute atomic E-state index is 12.8. The Labute approximate surface area is 172 Å². The van der Waals surface area contributed by atoms with Crippen LogP contribution in [0, 0.1) is 0 Å². The highest BCUT2D eigenvalue weighted by Crippen LogP contribution is 2.33. The van der Waals surface area contributed by atoms with Crippen LogP contribution in [0.3, 0.4) is 0 Å². The number of thioether (sulfide) groups is 1. The molecule has 1 unspecified atom stereocenters. The molecule has 0 fully saturated rings. The topological polar surface area (TPSA) is 86.4 Å². The average Bonchev–Trinajstić information content (AvgIpc) is 3.15.